The molecule has 2 rings (SSSR count). The van der Waals surface area contributed by atoms with E-state index in [1.54, 1.807) is 18.5 Å². The van der Waals surface area contributed by atoms with E-state index in [1.807, 2.05) is 26.8 Å². The minimum atomic E-state index is -2.32. The maximum Gasteiger partial charge on any atom is 0.496 e. The molecule has 0 spiro atoms. The molecule has 19 heavy (non-hydrogen) atoms. The molecule has 0 bridgehead atoms. The first-order chi connectivity index (χ1) is 8.84. The number of aromatic nitrogens is 1. The van der Waals surface area contributed by atoms with E-state index in [2.05, 4.69) is 9.71 Å². The van der Waals surface area contributed by atoms with Crippen molar-refractivity contribution in [1.82, 2.24) is 9.71 Å². The molecule has 6 nitrogen and oxygen atoms in total. The Morgan fingerprint density at radius 3 is 2.79 bits per heavy atom. The summed E-state index contributed by atoms with van der Waals surface area (Å²) in [5.41, 5.74) is -0.574. The van der Waals surface area contributed by atoms with Gasteiger partial charge in [-0.05, 0) is 26.8 Å². The molecule has 2 heterocycles. The van der Waals surface area contributed by atoms with E-state index in [4.69, 9.17) is 9.31 Å². The normalized spacial score (nSPS) is 27.5. The van der Waals surface area contributed by atoms with E-state index in [-0.39, 0.29) is 6.54 Å². The zero-order valence-corrected chi connectivity index (χ0v) is 11.9. The van der Waals surface area contributed by atoms with Crippen LogP contribution in [-0.2, 0) is 20.6 Å². The van der Waals surface area contributed by atoms with Crippen LogP contribution in [0.3, 0.4) is 0 Å². The summed E-state index contributed by atoms with van der Waals surface area (Å²) >= 11 is -2.32. The topological polar surface area (TPSA) is 83.5 Å². The molecule has 1 aromatic rings. The van der Waals surface area contributed by atoms with Gasteiger partial charge in [-0.25, -0.2) is 4.72 Å². The smallest absolute Gasteiger partial charge is 0.496 e. The molecule has 0 aromatic carbocycles. The monoisotopic (exact) mass is 283 g/mol. The third kappa shape index (κ3) is 3.03. The Morgan fingerprint density at radius 2 is 2.21 bits per heavy atom. The minimum Gasteiger partial charge on any atom is -0.760 e. The van der Waals surface area contributed by atoms with Crippen molar-refractivity contribution in [2.24, 2.45) is 0 Å². The minimum absolute atomic E-state index is 0.146. The summed E-state index contributed by atoms with van der Waals surface area (Å²) in [6, 6.07) is 3.66. The summed E-state index contributed by atoms with van der Waals surface area (Å²) in [5.74, 6) is 0. The molecule has 1 fully saturated rings. The number of rotatable bonds is 4. The van der Waals surface area contributed by atoms with Crippen molar-refractivity contribution in [2.45, 2.75) is 32.0 Å². The predicted octanol–water partition coefficient (Wildman–Crippen LogP) is -0.255. The van der Waals surface area contributed by atoms with Crippen LogP contribution in [-0.4, -0.2) is 38.6 Å². The highest BCUT2D eigenvalue weighted by Gasteiger charge is 2.54. The first kappa shape index (κ1) is 14.6. The Hall–Kier alpha value is -0.795. The molecule has 104 valence electrons. The van der Waals surface area contributed by atoms with Crippen LogP contribution in [0.15, 0.2) is 24.5 Å². The molecule has 1 aliphatic heterocycles. The van der Waals surface area contributed by atoms with Crippen LogP contribution in [0.4, 0.5) is 0 Å². The molecule has 1 aromatic heterocycles. The number of pyridine rings is 1. The Bertz CT molecular complexity index is 473. The van der Waals surface area contributed by atoms with Crippen LogP contribution in [0.25, 0.3) is 0 Å². The lowest BCUT2D eigenvalue weighted by Crippen LogP contribution is -2.52. The summed E-state index contributed by atoms with van der Waals surface area (Å²) in [5, 5.41) is 0. The van der Waals surface area contributed by atoms with Gasteiger partial charge >= 0.3 is 7.12 Å². The average molecular weight is 283 g/mol. The SMILES string of the molecule is CC1(C)OB(c2cccnc2)OC1(C)CNS(=O)[O-]. The summed E-state index contributed by atoms with van der Waals surface area (Å²) in [7, 11) is -0.546. The van der Waals surface area contributed by atoms with E-state index in [0.29, 0.717) is 0 Å². The zero-order valence-electron chi connectivity index (χ0n) is 11.1. The molecule has 0 aliphatic carbocycles. The largest absolute Gasteiger partial charge is 0.760 e. The van der Waals surface area contributed by atoms with Crippen molar-refractivity contribution in [1.29, 1.82) is 0 Å². The first-order valence-electron chi connectivity index (χ1n) is 5.92. The second kappa shape index (κ2) is 5.30. The van der Waals surface area contributed by atoms with Crippen LogP contribution >= 0.6 is 0 Å². The van der Waals surface area contributed by atoms with Gasteiger partial charge in [0.25, 0.3) is 0 Å². The predicted molar refractivity (Wildman–Crippen MR) is 71.2 cm³/mol. The second-order valence-electron chi connectivity index (χ2n) is 5.15. The molecule has 2 atom stereocenters. The third-order valence-corrected chi connectivity index (χ3v) is 3.91. The van der Waals surface area contributed by atoms with E-state index < -0.39 is 29.6 Å². The van der Waals surface area contributed by atoms with Gasteiger partial charge < -0.3 is 13.9 Å². The highest BCUT2D eigenvalue weighted by atomic mass is 32.2. The first-order valence-corrected chi connectivity index (χ1v) is 7.00. The van der Waals surface area contributed by atoms with Crippen molar-refractivity contribution in [3.63, 3.8) is 0 Å². The van der Waals surface area contributed by atoms with Gasteiger partial charge in [0.15, 0.2) is 0 Å². The van der Waals surface area contributed by atoms with Crippen molar-refractivity contribution in [3.05, 3.63) is 24.5 Å². The van der Waals surface area contributed by atoms with Gasteiger partial charge in [-0.1, -0.05) is 6.07 Å². The third-order valence-electron chi connectivity index (χ3n) is 3.53. The van der Waals surface area contributed by atoms with E-state index in [0.717, 1.165) is 5.46 Å². The van der Waals surface area contributed by atoms with E-state index in [1.165, 1.54) is 0 Å². The zero-order chi connectivity index (χ0) is 14.1. The number of hydrogen-bond acceptors (Lipinski definition) is 5. The van der Waals surface area contributed by atoms with Crippen molar-refractivity contribution in [2.75, 3.05) is 6.54 Å². The molecular weight excluding hydrogens is 267 g/mol. The Kier molecular flexibility index (Phi) is 4.07. The van der Waals surface area contributed by atoms with Gasteiger partial charge in [0, 0.05) is 35.7 Å². The highest BCUT2D eigenvalue weighted by molar-refractivity contribution is 7.77. The maximum absolute atomic E-state index is 10.6. The summed E-state index contributed by atoms with van der Waals surface area (Å²) < 4.78 is 35.4. The quantitative estimate of drug-likeness (QED) is 0.608. The molecule has 0 radical (unpaired) electrons. The van der Waals surface area contributed by atoms with Crippen molar-refractivity contribution < 1.29 is 18.1 Å². The van der Waals surface area contributed by atoms with Crippen molar-refractivity contribution >= 4 is 23.8 Å². The van der Waals surface area contributed by atoms with Crippen molar-refractivity contribution in [3.8, 4) is 0 Å². The molecule has 1 N–H and O–H groups in total. The van der Waals surface area contributed by atoms with Crippen LogP contribution in [0.1, 0.15) is 20.8 Å². The van der Waals surface area contributed by atoms with Gasteiger partial charge in [0.1, 0.15) is 0 Å². The van der Waals surface area contributed by atoms with Gasteiger partial charge in [0.05, 0.1) is 11.2 Å². The fourth-order valence-electron chi connectivity index (χ4n) is 1.90. The molecule has 1 saturated heterocycles. The molecule has 1 aliphatic rings. The lowest BCUT2D eigenvalue weighted by atomic mass is 9.80. The lowest BCUT2D eigenvalue weighted by Gasteiger charge is -2.36. The Balaban J connectivity index is 2.16. The molecular formula is C11H16BN2O4S-. The average Bonchev–Trinajstić information content (AvgIpc) is 2.60. The van der Waals surface area contributed by atoms with Gasteiger partial charge in [-0.15, -0.1) is 0 Å². The molecule has 2 unspecified atom stereocenters. The summed E-state index contributed by atoms with van der Waals surface area (Å²) in [6.45, 7) is 5.72. The number of nitrogens with one attached hydrogen (secondary N) is 1. The fraction of sp³-hybridized carbons (Fsp3) is 0.545. The van der Waals surface area contributed by atoms with E-state index >= 15 is 0 Å². The van der Waals surface area contributed by atoms with Crippen LogP contribution in [0.2, 0.25) is 0 Å². The molecule has 0 amide bonds. The molecule has 0 saturated carbocycles. The summed E-state index contributed by atoms with van der Waals surface area (Å²) in [4.78, 5) is 4.02. The second-order valence-corrected chi connectivity index (χ2v) is 5.91. The standard InChI is InChI=1S/C11H17BN2O4S/c1-10(2)11(3,8-14-19(15)16)18-12(17-10)9-5-4-6-13-7-9/h4-7,14H,8H2,1-3H3,(H,15,16)/p-1. The number of hydrogen-bond donors (Lipinski definition) is 1. The van der Waals surface area contributed by atoms with Crippen LogP contribution < -0.4 is 10.2 Å². The van der Waals surface area contributed by atoms with Crippen LogP contribution in [0, 0.1) is 0 Å². The Labute approximate surface area is 115 Å². The number of nitrogens with zero attached hydrogens (tertiary/aromatic N) is 1. The lowest BCUT2D eigenvalue weighted by molar-refractivity contribution is -0.00455. The highest BCUT2D eigenvalue weighted by Crippen LogP contribution is 2.36. The molecule has 8 heteroatoms. The van der Waals surface area contributed by atoms with Gasteiger partial charge in [0.2, 0.25) is 0 Å². The Morgan fingerprint density at radius 1 is 1.47 bits per heavy atom. The fourth-order valence-corrected chi connectivity index (χ4v) is 2.29. The van der Waals surface area contributed by atoms with Crippen LogP contribution in [0.5, 0.6) is 0 Å². The maximum atomic E-state index is 10.6. The van der Waals surface area contributed by atoms with Gasteiger partial charge in [-0.2, -0.15) is 0 Å². The summed E-state index contributed by atoms with van der Waals surface area (Å²) in [6.07, 6.45) is 3.34. The van der Waals surface area contributed by atoms with Gasteiger partial charge in [-0.3, -0.25) is 9.19 Å². The van der Waals surface area contributed by atoms with E-state index in [9.17, 15) is 8.76 Å².